The van der Waals surface area contributed by atoms with Gasteiger partial charge in [-0.1, -0.05) is 127 Å². The zero-order chi connectivity index (χ0) is 30.5. The Morgan fingerprint density at radius 1 is 0.565 bits per heavy atom. The first kappa shape index (κ1) is 26.5. The van der Waals surface area contributed by atoms with Crippen LogP contribution < -0.4 is 4.74 Å². The monoisotopic (exact) mass is 590 g/mol. The molecule has 46 heavy (non-hydrogen) atoms. The maximum Gasteiger partial charge on any atom is 0.138 e. The van der Waals surface area contributed by atoms with Crippen LogP contribution in [0.4, 0.5) is 0 Å². The Balaban J connectivity index is 1.22. The molecular weight excluding hydrogens is 560 g/mol. The molecule has 6 aromatic carbocycles. The van der Waals surface area contributed by atoms with Crippen molar-refractivity contribution < 1.29 is 4.74 Å². The van der Waals surface area contributed by atoms with Crippen molar-refractivity contribution in [1.29, 1.82) is 0 Å². The molecule has 218 valence electrons. The van der Waals surface area contributed by atoms with Crippen molar-refractivity contribution in [2.24, 2.45) is 0 Å². The summed E-state index contributed by atoms with van der Waals surface area (Å²) >= 11 is 0. The SMILES string of the molecule is C1=CC(c2nc3ccccc3n2-c2ccc(-c3ccccc3)cc2)C2C(=C1)Oc1c(-c3ccccc3)cc(-c3ccccc3)cc12. The molecule has 9 rings (SSSR count). The minimum atomic E-state index is -0.0305. The van der Waals surface area contributed by atoms with Gasteiger partial charge in [0.1, 0.15) is 17.3 Å². The van der Waals surface area contributed by atoms with Gasteiger partial charge in [0.15, 0.2) is 0 Å². The minimum Gasteiger partial charge on any atom is -0.460 e. The van der Waals surface area contributed by atoms with Crippen LogP contribution >= 0.6 is 0 Å². The quantitative estimate of drug-likeness (QED) is 0.199. The molecule has 1 aliphatic carbocycles. The zero-order valence-corrected chi connectivity index (χ0v) is 25.1. The fourth-order valence-corrected chi connectivity index (χ4v) is 7.06. The highest BCUT2D eigenvalue weighted by atomic mass is 16.5. The van der Waals surface area contributed by atoms with Crippen LogP contribution in [0.15, 0.2) is 176 Å². The molecule has 7 aromatic rings. The molecule has 0 spiro atoms. The summed E-state index contributed by atoms with van der Waals surface area (Å²) < 4.78 is 9.13. The summed E-state index contributed by atoms with van der Waals surface area (Å²) in [6.45, 7) is 0. The summed E-state index contributed by atoms with van der Waals surface area (Å²) in [6.07, 6.45) is 6.55. The lowest BCUT2D eigenvalue weighted by molar-refractivity contribution is 0.414. The van der Waals surface area contributed by atoms with Crippen molar-refractivity contribution >= 4 is 11.0 Å². The molecule has 2 atom stereocenters. The van der Waals surface area contributed by atoms with Gasteiger partial charge in [0, 0.05) is 16.8 Å². The Hall–Kier alpha value is -5.93. The van der Waals surface area contributed by atoms with Gasteiger partial charge in [0.05, 0.1) is 22.9 Å². The van der Waals surface area contributed by atoms with E-state index in [1.54, 1.807) is 0 Å². The normalized spacial score (nSPS) is 16.5. The average Bonchev–Trinajstić information content (AvgIpc) is 3.71. The van der Waals surface area contributed by atoms with E-state index < -0.39 is 0 Å². The van der Waals surface area contributed by atoms with Crippen LogP contribution in [0.2, 0.25) is 0 Å². The fraction of sp³-hybridized carbons (Fsp3) is 0.0465. The summed E-state index contributed by atoms with van der Waals surface area (Å²) in [5.41, 5.74) is 11.4. The summed E-state index contributed by atoms with van der Waals surface area (Å²) in [7, 11) is 0. The Labute approximate surface area is 268 Å². The van der Waals surface area contributed by atoms with Gasteiger partial charge in [0.2, 0.25) is 0 Å². The molecule has 1 aromatic heterocycles. The van der Waals surface area contributed by atoms with Crippen molar-refractivity contribution in [2.45, 2.75) is 11.8 Å². The second kappa shape index (κ2) is 10.9. The van der Waals surface area contributed by atoms with Crippen molar-refractivity contribution in [1.82, 2.24) is 9.55 Å². The van der Waals surface area contributed by atoms with E-state index in [-0.39, 0.29) is 11.8 Å². The first-order valence-electron chi connectivity index (χ1n) is 15.8. The predicted molar refractivity (Wildman–Crippen MR) is 187 cm³/mol. The lowest BCUT2D eigenvalue weighted by atomic mass is 9.80. The molecular formula is C43H30N2O. The highest BCUT2D eigenvalue weighted by molar-refractivity contribution is 5.83. The van der Waals surface area contributed by atoms with Gasteiger partial charge in [0.25, 0.3) is 0 Å². The summed E-state index contributed by atoms with van der Waals surface area (Å²) in [4.78, 5) is 5.32. The standard InChI is InChI=1S/C43H30N2O/c1-4-13-29(14-5-1)31-23-25-34(26-24-31)45-39-21-11-10-20-38(39)44-43(45)35-19-12-22-40-41(35)37-28-33(30-15-6-2-7-16-30)27-36(42(37)46-40)32-17-8-3-9-18-32/h1-28,35,41H. The van der Waals surface area contributed by atoms with Gasteiger partial charge < -0.3 is 4.74 Å². The number of rotatable bonds is 5. The number of ether oxygens (including phenoxy) is 1. The zero-order valence-electron chi connectivity index (χ0n) is 25.1. The Morgan fingerprint density at radius 3 is 1.89 bits per heavy atom. The van der Waals surface area contributed by atoms with E-state index in [4.69, 9.17) is 9.72 Å². The van der Waals surface area contributed by atoms with E-state index in [2.05, 4.69) is 174 Å². The third kappa shape index (κ3) is 4.40. The Kier molecular flexibility index (Phi) is 6.27. The van der Waals surface area contributed by atoms with Gasteiger partial charge >= 0.3 is 0 Å². The number of imidazole rings is 1. The number of nitrogens with zero attached hydrogens (tertiary/aromatic N) is 2. The van der Waals surface area contributed by atoms with E-state index >= 15 is 0 Å². The van der Waals surface area contributed by atoms with E-state index in [9.17, 15) is 0 Å². The molecule has 3 nitrogen and oxygen atoms in total. The first-order chi connectivity index (χ1) is 22.8. The third-order valence-electron chi connectivity index (χ3n) is 9.23. The molecule has 0 fully saturated rings. The molecule has 2 heterocycles. The van der Waals surface area contributed by atoms with Crippen LogP contribution in [0.5, 0.6) is 5.75 Å². The molecule has 2 aliphatic rings. The number of benzene rings is 6. The molecule has 0 bridgehead atoms. The second-order valence-electron chi connectivity index (χ2n) is 11.9. The number of aromatic nitrogens is 2. The van der Waals surface area contributed by atoms with Crippen molar-refractivity contribution in [3.05, 3.63) is 187 Å². The van der Waals surface area contributed by atoms with Gasteiger partial charge in [-0.05, 0) is 70.3 Å². The highest BCUT2D eigenvalue weighted by Gasteiger charge is 2.41. The van der Waals surface area contributed by atoms with E-state index in [0.717, 1.165) is 45.2 Å². The molecule has 1 aliphatic heterocycles. The van der Waals surface area contributed by atoms with Gasteiger partial charge in [-0.15, -0.1) is 0 Å². The third-order valence-corrected chi connectivity index (χ3v) is 9.23. The highest BCUT2D eigenvalue weighted by Crippen LogP contribution is 2.55. The average molecular weight is 591 g/mol. The fourth-order valence-electron chi connectivity index (χ4n) is 7.06. The van der Waals surface area contributed by atoms with Crippen molar-refractivity contribution in [3.63, 3.8) is 0 Å². The molecule has 0 saturated carbocycles. The molecule has 3 heteroatoms. The summed E-state index contributed by atoms with van der Waals surface area (Å²) in [5.74, 6) is 2.86. The smallest absolute Gasteiger partial charge is 0.138 e. The van der Waals surface area contributed by atoms with Crippen molar-refractivity contribution in [3.8, 4) is 44.8 Å². The van der Waals surface area contributed by atoms with Crippen LogP contribution in [-0.4, -0.2) is 9.55 Å². The number of para-hydroxylation sites is 2. The van der Waals surface area contributed by atoms with Crippen LogP contribution in [0.1, 0.15) is 23.2 Å². The second-order valence-corrected chi connectivity index (χ2v) is 11.9. The molecule has 2 unspecified atom stereocenters. The number of hydrogen-bond acceptors (Lipinski definition) is 2. The van der Waals surface area contributed by atoms with E-state index in [1.807, 2.05) is 0 Å². The summed E-state index contributed by atoms with van der Waals surface area (Å²) in [6, 6.07) is 53.6. The van der Waals surface area contributed by atoms with Crippen LogP contribution in [0.25, 0.3) is 50.1 Å². The van der Waals surface area contributed by atoms with Gasteiger partial charge in [-0.3, -0.25) is 4.57 Å². The number of allylic oxidation sites excluding steroid dienone is 4. The predicted octanol–water partition coefficient (Wildman–Crippen LogP) is 10.7. The van der Waals surface area contributed by atoms with E-state index in [1.165, 1.54) is 27.8 Å². The number of hydrogen-bond donors (Lipinski definition) is 0. The molecule has 0 saturated heterocycles. The Bertz CT molecular complexity index is 2260. The summed E-state index contributed by atoms with van der Waals surface area (Å²) in [5, 5.41) is 0. The molecule has 0 amide bonds. The molecule has 0 radical (unpaired) electrons. The lowest BCUT2D eigenvalue weighted by Crippen LogP contribution is -2.16. The topological polar surface area (TPSA) is 27.1 Å². The van der Waals surface area contributed by atoms with E-state index in [0.29, 0.717) is 0 Å². The first-order valence-corrected chi connectivity index (χ1v) is 15.8. The largest absolute Gasteiger partial charge is 0.460 e. The van der Waals surface area contributed by atoms with Gasteiger partial charge in [-0.25, -0.2) is 4.98 Å². The van der Waals surface area contributed by atoms with Gasteiger partial charge in [-0.2, -0.15) is 0 Å². The maximum atomic E-state index is 6.80. The lowest BCUT2D eigenvalue weighted by Gasteiger charge is -2.24. The number of fused-ring (bicyclic) bond motifs is 4. The Morgan fingerprint density at radius 2 is 1.17 bits per heavy atom. The van der Waals surface area contributed by atoms with Crippen LogP contribution in [-0.2, 0) is 0 Å². The van der Waals surface area contributed by atoms with Crippen LogP contribution in [0.3, 0.4) is 0 Å². The minimum absolute atomic E-state index is 0.00900. The molecule has 0 N–H and O–H groups in total. The maximum absolute atomic E-state index is 6.80. The van der Waals surface area contributed by atoms with Crippen molar-refractivity contribution in [2.75, 3.05) is 0 Å². The van der Waals surface area contributed by atoms with Crippen LogP contribution in [0, 0.1) is 0 Å².